The van der Waals surface area contributed by atoms with Gasteiger partial charge in [-0.1, -0.05) is 23.2 Å². The van der Waals surface area contributed by atoms with Crippen LogP contribution in [0.1, 0.15) is 97.9 Å². The van der Waals surface area contributed by atoms with Gasteiger partial charge in [-0.05, 0) is 191 Å². The van der Waals surface area contributed by atoms with E-state index >= 15 is 0 Å². The number of aliphatic imine (C=N–C) groups is 2. The Morgan fingerprint density at radius 1 is 0.667 bits per heavy atom. The molecular weight excluding hydrogens is 998 g/mol. The number of hydrogen-bond acceptors (Lipinski definition) is 12. The van der Waals surface area contributed by atoms with Crippen LogP contribution in [-0.2, 0) is 23.9 Å². The molecule has 3 amide bonds. The summed E-state index contributed by atoms with van der Waals surface area (Å²) in [5.74, 6) is -1.24. The van der Waals surface area contributed by atoms with Crippen LogP contribution in [0.2, 0.25) is 10.0 Å². The molecule has 21 heteroatoms. The zero-order valence-corrected chi connectivity index (χ0v) is 45.0. The van der Waals surface area contributed by atoms with Gasteiger partial charge < -0.3 is 30.7 Å². The molecule has 4 aromatic carbocycles. The number of nitriles is 2. The number of nitrogens with two attached hydrogens (primary N) is 2. The third-order valence-corrected chi connectivity index (χ3v) is 12.1. The summed E-state index contributed by atoms with van der Waals surface area (Å²) < 4.78 is 10.8. The van der Waals surface area contributed by atoms with Crippen LogP contribution < -0.4 is 36.4 Å². The minimum absolute atomic E-state index is 0.0448. The molecule has 0 aromatic heterocycles. The number of esters is 1. The quantitative estimate of drug-likeness (QED) is 0.0645. The molecule has 17 nitrogen and oxygen atoms in total. The maximum absolute atomic E-state index is 13.7. The van der Waals surface area contributed by atoms with E-state index in [1.807, 2.05) is 6.92 Å². The van der Waals surface area contributed by atoms with Gasteiger partial charge in [-0.3, -0.25) is 29.5 Å². The van der Waals surface area contributed by atoms with Crippen molar-refractivity contribution < 1.29 is 28.7 Å². The predicted octanol–water partition coefficient (Wildman–Crippen LogP) is 10.1. The van der Waals surface area contributed by atoms with Gasteiger partial charge in [0.25, 0.3) is 11.8 Å². The largest absolute Gasteiger partial charge is 0.460 e. The van der Waals surface area contributed by atoms with Gasteiger partial charge in [-0.15, -0.1) is 0 Å². The molecule has 2 aliphatic rings. The lowest BCUT2D eigenvalue weighted by atomic mass is 10.0. The Hall–Kier alpha value is -7.16. The second-order valence-corrected chi connectivity index (χ2v) is 21.2. The number of alkyl carbamates (subject to hydrolysis) is 1. The molecule has 2 fully saturated rings. The number of halogens is 2. The van der Waals surface area contributed by atoms with Crippen molar-refractivity contribution in [2.75, 3.05) is 19.6 Å². The first-order valence-electron chi connectivity index (χ1n) is 22.2. The maximum Gasteiger partial charge on any atom is 0.413 e. The van der Waals surface area contributed by atoms with Crippen molar-refractivity contribution in [1.29, 1.82) is 10.5 Å². The summed E-state index contributed by atoms with van der Waals surface area (Å²) in [4.78, 5) is 67.0. The normalized spacial score (nSPS) is 15.4. The number of hydrogen-bond donors (Lipinski definition) is 3. The number of anilines is 4. The zero-order valence-electron chi connectivity index (χ0n) is 41.9. The molecule has 2 aliphatic heterocycles. The molecular formula is C51H55Cl2N11O6S2. The lowest BCUT2D eigenvalue weighted by molar-refractivity contribution is -0.153. The number of guanidine groups is 1. The highest BCUT2D eigenvalue weighted by Gasteiger charge is 2.51. The number of thiocarbonyl (C=S) groups is 2. The van der Waals surface area contributed by atoms with Crippen LogP contribution in [0.3, 0.4) is 0 Å². The van der Waals surface area contributed by atoms with Crippen molar-refractivity contribution in [1.82, 2.24) is 5.32 Å². The fraction of sp³-hybridized carbons (Fsp3) is 0.333. The molecule has 72 heavy (non-hydrogen) atoms. The summed E-state index contributed by atoms with van der Waals surface area (Å²) in [6, 6.07) is 24.5. The Morgan fingerprint density at radius 3 is 1.42 bits per heavy atom. The van der Waals surface area contributed by atoms with Gasteiger partial charge in [-0.2, -0.15) is 10.5 Å². The molecule has 0 spiro atoms. The summed E-state index contributed by atoms with van der Waals surface area (Å²) in [5, 5.41) is 22.1. The van der Waals surface area contributed by atoms with Gasteiger partial charge in [0, 0.05) is 11.4 Å². The number of nitrogens with one attached hydrogen (secondary N) is 1. The summed E-state index contributed by atoms with van der Waals surface area (Å²) in [6.45, 7) is 21.0. The monoisotopic (exact) mass is 1050 g/mol. The van der Waals surface area contributed by atoms with E-state index in [2.05, 4.69) is 27.4 Å². The first-order valence-corrected chi connectivity index (χ1v) is 23.8. The minimum atomic E-state index is -1.10. The molecule has 0 bridgehead atoms. The molecule has 0 saturated carbocycles. The van der Waals surface area contributed by atoms with Crippen LogP contribution >= 0.6 is 47.6 Å². The van der Waals surface area contributed by atoms with Gasteiger partial charge in [0.1, 0.15) is 34.5 Å². The fourth-order valence-corrected chi connectivity index (χ4v) is 8.88. The van der Waals surface area contributed by atoms with E-state index in [1.54, 1.807) is 159 Å². The van der Waals surface area contributed by atoms with Gasteiger partial charge in [-0.25, -0.2) is 14.8 Å². The minimum Gasteiger partial charge on any atom is -0.460 e. The number of carbonyl (C=O) groups is 4. The topological polar surface area (TPSA) is 236 Å². The average Bonchev–Trinajstić information content (AvgIpc) is 3.54. The van der Waals surface area contributed by atoms with Gasteiger partial charge in [0.2, 0.25) is 0 Å². The van der Waals surface area contributed by atoms with Crippen LogP contribution in [-0.4, -0.2) is 68.2 Å². The molecule has 2 heterocycles. The SMILES string of the molecule is Cc1cc(N2C(=O)C(C)(C)N(c3ccc(Cl)c(N=C(CC(=O)OC(C)(C)C)NC(=O)OC(C)(C)C)c3)C2=S)ccc1C#N.Cc1cc(N2C(=O)C(C)(C)N(c3ccc(Cl)c(N=C(N)N)c3)C2=S)ccc1C#N. The standard InChI is InChI=1S/C31H36ClN5O5S.C20H19ClN6OS/c1-18-14-20(11-10-19(18)17-33)36-26(39)31(8,9)37(28(36)43)21-12-13-22(32)23(15-21)34-24(16-25(38)41-29(2,3)4)35-27(40)42-30(5,6)7;1-11-8-13(5-4-12(11)10-22)26-17(28)20(2,3)27(19(26)29)14-6-7-15(21)16(9-14)25-18(23)24/h10-15H,16H2,1-9H3,(H,34,35,40);4-9H,1-3H3,(H4,23,24,25). The number of aryl methyl sites for hydroxylation is 2. The number of amidine groups is 1. The van der Waals surface area contributed by atoms with Crippen LogP contribution in [0.25, 0.3) is 0 Å². The fourth-order valence-electron chi connectivity index (χ4n) is 7.52. The Balaban J connectivity index is 0.000000288. The molecule has 4 aromatic rings. The molecule has 0 radical (unpaired) electrons. The van der Waals surface area contributed by atoms with E-state index in [0.717, 1.165) is 5.56 Å². The number of amides is 3. The van der Waals surface area contributed by atoms with E-state index in [0.29, 0.717) is 55.3 Å². The predicted molar refractivity (Wildman–Crippen MR) is 290 cm³/mol. The Labute approximate surface area is 439 Å². The molecule has 6 rings (SSSR count). The first kappa shape index (κ1) is 55.8. The van der Waals surface area contributed by atoms with E-state index in [9.17, 15) is 24.4 Å². The smallest absolute Gasteiger partial charge is 0.413 e. The average molecular weight is 1050 g/mol. The van der Waals surface area contributed by atoms with Crippen LogP contribution in [0, 0.1) is 36.5 Å². The van der Waals surface area contributed by atoms with E-state index in [-0.39, 0.29) is 45.9 Å². The van der Waals surface area contributed by atoms with Gasteiger partial charge in [0.05, 0.1) is 56.1 Å². The van der Waals surface area contributed by atoms with Crippen molar-refractivity contribution >= 4 is 128 Å². The van der Waals surface area contributed by atoms with Crippen LogP contribution in [0.5, 0.6) is 0 Å². The zero-order chi connectivity index (χ0) is 54.0. The third kappa shape index (κ3) is 12.5. The van der Waals surface area contributed by atoms with Crippen molar-refractivity contribution in [3.63, 3.8) is 0 Å². The Kier molecular flexibility index (Phi) is 16.5. The molecule has 376 valence electrons. The number of benzene rings is 4. The van der Waals surface area contributed by atoms with E-state index in [1.165, 1.54) is 9.80 Å². The summed E-state index contributed by atoms with van der Waals surface area (Å²) in [5.41, 5.74) is 12.8. The summed E-state index contributed by atoms with van der Waals surface area (Å²) in [7, 11) is 0. The highest BCUT2D eigenvalue weighted by atomic mass is 35.5. The van der Waals surface area contributed by atoms with Crippen molar-refractivity contribution in [3.8, 4) is 12.1 Å². The number of nitrogens with zero attached hydrogens (tertiary/aromatic N) is 8. The van der Waals surface area contributed by atoms with Crippen molar-refractivity contribution in [3.05, 3.63) is 105 Å². The number of rotatable bonds is 8. The van der Waals surface area contributed by atoms with Gasteiger partial charge in [0.15, 0.2) is 16.2 Å². The third-order valence-electron chi connectivity index (χ3n) is 10.8. The Bertz CT molecular complexity index is 3020. The second-order valence-electron chi connectivity index (χ2n) is 19.6. The van der Waals surface area contributed by atoms with Crippen molar-refractivity contribution in [2.45, 2.75) is 112 Å². The molecule has 2 saturated heterocycles. The van der Waals surface area contributed by atoms with Gasteiger partial charge >= 0.3 is 12.1 Å². The Morgan fingerprint density at radius 2 is 1.06 bits per heavy atom. The lowest BCUT2D eigenvalue weighted by Gasteiger charge is -2.29. The van der Waals surface area contributed by atoms with Crippen molar-refractivity contribution in [2.24, 2.45) is 21.5 Å². The van der Waals surface area contributed by atoms with E-state index < -0.39 is 34.3 Å². The molecule has 0 aliphatic carbocycles. The molecule has 5 N–H and O–H groups in total. The molecule has 0 atom stereocenters. The second kappa shape index (κ2) is 21.3. The highest BCUT2D eigenvalue weighted by Crippen LogP contribution is 2.41. The lowest BCUT2D eigenvalue weighted by Crippen LogP contribution is -2.44. The van der Waals surface area contributed by atoms with E-state index in [4.69, 9.17) is 73.8 Å². The number of carbonyl (C=O) groups excluding carboxylic acids is 4. The first-order chi connectivity index (χ1) is 33.3. The number of ether oxygens (including phenoxy) is 2. The maximum atomic E-state index is 13.7. The summed E-state index contributed by atoms with van der Waals surface area (Å²) in [6.07, 6.45) is -1.17. The van der Waals surface area contributed by atoms with Crippen LogP contribution in [0.4, 0.5) is 38.9 Å². The molecule has 0 unspecified atom stereocenters. The summed E-state index contributed by atoms with van der Waals surface area (Å²) >= 11 is 24.2. The van der Waals surface area contributed by atoms with Crippen LogP contribution in [0.15, 0.2) is 82.8 Å². The highest BCUT2D eigenvalue weighted by molar-refractivity contribution is 7.81.